The quantitative estimate of drug-likeness (QED) is 0.506. The van der Waals surface area contributed by atoms with Crippen LogP contribution in [-0.4, -0.2) is 49.2 Å². The lowest BCUT2D eigenvalue weighted by atomic mass is 10.1. The highest BCUT2D eigenvalue weighted by molar-refractivity contribution is 7.92. The van der Waals surface area contributed by atoms with E-state index < -0.39 is 15.1 Å². The van der Waals surface area contributed by atoms with Crippen molar-refractivity contribution in [2.75, 3.05) is 30.3 Å². The van der Waals surface area contributed by atoms with Crippen molar-refractivity contribution in [3.63, 3.8) is 0 Å². The van der Waals surface area contributed by atoms with Crippen LogP contribution in [0.4, 0.5) is 11.8 Å². The van der Waals surface area contributed by atoms with E-state index in [1.54, 1.807) is 38.1 Å². The lowest BCUT2D eigenvalue weighted by Gasteiger charge is -2.10. The molecule has 1 aromatic heterocycles. The maximum Gasteiger partial charge on any atom is 0.224 e. The molecule has 0 spiro atoms. The Labute approximate surface area is 172 Å². The molecule has 0 aliphatic heterocycles. The summed E-state index contributed by atoms with van der Waals surface area (Å²) in [4.78, 5) is 21.0. The standard InChI is InChI=1S/C20H29N5O3S/c1-5-21-20-24-15(4)12-18(25-20)22-10-11-23-19(26)13-16-6-8-17(9-7-16)29(27,28)14(2)3/h6-9,12,14H,5,10-11,13H2,1-4H3,(H,23,26)(H2,21,22,24,25). The number of carbonyl (C=O) groups is 1. The van der Waals surface area contributed by atoms with E-state index in [1.807, 2.05) is 19.9 Å². The van der Waals surface area contributed by atoms with Crippen LogP contribution >= 0.6 is 0 Å². The van der Waals surface area contributed by atoms with Crippen LogP contribution in [-0.2, 0) is 21.1 Å². The number of nitrogens with one attached hydrogen (secondary N) is 3. The van der Waals surface area contributed by atoms with Gasteiger partial charge in [0.15, 0.2) is 9.84 Å². The number of hydrogen-bond acceptors (Lipinski definition) is 7. The zero-order chi connectivity index (χ0) is 21.4. The van der Waals surface area contributed by atoms with Crippen molar-refractivity contribution in [1.29, 1.82) is 0 Å². The maximum atomic E-state index is 12.1. The molecule has 1 amide bonds. The molecule has 0 aliphatic rings. The topological polar surface area (TPSA) is 113 Å². The lowest BCUT2D eigenvalue weighted by molar-refractivity contribution is -0.120. The van der Waals surface area contributed by atoms with Gasteiger partial charge in [0, 0.05) is 31.4 Å². The van der Waals surface area contributed by atoms with E-state index in [0.717, 1.165) is 17.8 Å². The Morgan fingerprint density at radius 2 is 1.76 bits per heavy atom. The molecule has 0 saturated carbocycles. The number of nitrogens with zero attached hydrogens (tertiary/aromatic N) is 2. The summed E-state index contributed by atoms with van der Waals surface area (Å²) in [6.07, 6.45) is 0.194. The van der Waals surface area contributed by atoms with Crippen molar-refractivity contribution >= 4 is 27.5 Å². The lowest BCUT2D eigenvalue weighted by Crippen LogP contribution is -2.30. The molecule has 9 heteroatoms. The molecule has 0 aliphatic carbocycles. The predicted molar refractivity (Wildman–Crippen MR) is 115 cm³/mol. The minimum absolute atomic E-state index is 0.126. The van der Waals surface area contributed by atoms with Crippen molar-refractivity contribution < 1.29 is 13.2 Å². The van der Waals surface area contributed by atoms with Gasteiger partial charge in [0.2, 0.25) is 11.9 Å². The van der Waals surface area contributed by atoms with Crippen LogP contribution in [0.3, 0.4) is 0 Å². The molecule has 29 heavy (non-hydrogen) atoms. The van der Waals surface area contributed by atoms with Gasteiger partial charge in [-0.2, -0.15) is 4.98 Å². The van der Waals surface area contributed by atoms with Crippen LogP contribution in [0, 0.1) is 6.92 Å². The third kappa shape index (κ3) is 6.70. The van der Waals surface area contributed by atoms with E-state index in [9.17, 15) is 13.2 Å². The molecule has 0 bridgehead atoms. The molecule has 0 atom stereocenters. The third-order valence-corrected chi connectivity index (χ3v) is 6.35. The van der Waals surface area contributed by atoms with E-state index in [-0.39, 0.29) is 17.2 Å². The maximum absolute atomic E-state index is 12.1. The number of rotatable bonds is 10. The van der Waals surface area contributed by atoms with Gasteiger partial charge in [0.1, 0.15) is 5.82 Å². The second-order valence-electron chi connectivity index (χ2n) is 6.94. The first-order chi connectivity index (χ1) is 13.7. The summed E-state index contributed by atoms with van der Waals surface area (Å²) in [5.41, 5.74) is 1.62. The molecule has 2 aromatic rings. The normalized spacial score (nSPS) is 11.3. The molecule has 3 N–H and O–H groups in total. The molecular weight excluding hydrogens is 390 g/mol. The first-order valence-electron chi connectivity index (χ1n) is 9.65. The van der Waals surface area contributed by atoms with Crippen molar-refractivity contribution in [3.8, 4) is 0 Å². The van der Waals surface area contributed by atoms with Gasteiger partial charge in [-0.15, -0.1) is 0 Å². The van der Waals surface area contributed by atoms with Crippen LogP contribution in [0.2, 0.25) is 0 Å². The Bertz CT molecular complexity index is 928. The SMILES string of the molecule is CCNc1nc(C)cc(NCCNC(=O)Cc2ccc(S(=O)(=O)C(C)C)cc2)n1. The zero-order valence-electron chi connectivity index (χ0n) is 17.3. The molecule has 0 saturated heterocycles. The molecule has 0 unspecified atom stereocenters. The summed E-state index contributed by atoms with van der Waals surface area (Å²) in [5, 5.41) is 8.60. The van der Waals surface area contributed by atoms with Gasteiger partial charge >= 0.3 is 0 Å². The number of sulfone groups is 1. The van der Waals surface area contributed by atoms with Gasteiger partial charge in [-0.1, -0.05) is 12.1 Å². The highest BCUT2D eigenvalue weighted by Crippen LogP contribution is 2.16. The fourth-order valence-corrected chi connectivity index (χ4v) is 3.67. The molecular formula is C20H29N5O3S. The number of benzene rings is 1. The fraction of sp³-hybridized carbons (Fsp3) is 0.450. The number of aryl methyl sites for hydroxylation is 1. The van der Waals surface area contributed by atoms with Gasteiger partial charge in [0.25, 0.3) is 0 Å². The van der Waals surface area contributed by atoms with Crippen LogP contribution < -0.4 is 16.0 Å². The van der Waals surface area contributed by atoms with Crippen molar-refractivity contribution in [2.45, 2.75) is 44.3 Å². The molecule has 0 radical (unpaired) electrons. The summed E-state index contributed by atoms with van der Waals surface area (Å²) < 4.78 is 24.3. The number of amides is 1. The smallest absolute Gasteiger partial charge is 0.224 e. The van der Waals surface area contributed by atoms with E-state index in [4.69, 9.17) is 0 Å². The van der Waals surface area contributed by atoms with Gasteiger partial charge < -0.3 is 16.0 Å². The summed E-state index contributed by atoms with van der Waals surface area (Å²) >= 11 is 0. The van der Waals surface area contributed by atoms with Crippen LogP contribution in [0.15, 0.2) is 35.2 Å². The molecule has 1 heterocycles. The highest BCUT2D eigenvalue weighted by atomic mass is 32.2. The molecule has 158 valence electrons. The zero-order valence-corrected chi connectivity index (χ0v) is 18.1. The Morgan fingerprint density at radius 3 is 2.38 bits per heavy atom. The van der Waals surface area contributed by atoms with Crippen molar-refractivity contribution in [2.24, 2.45) is 0 Å². The Hall–Kier alpha value is -2.68. The van der Waals surface area contributed by atoms with Crippen LogP contribution in [0.1, 0.15) is 32.0 Å². The second kappa shape index (κ2) is 10.2. The predicted octanol–water partition coefficient (Wildman–Crippen LogP) is 2.17. The average molecular weight is 420 g/mol. The minimum Gasteiger partial charge on any atom is -0.368 e. The fourth-order valence-electron chi connectivity index (χ4n) is 2.61. The number of carbonyl (C=O) groups excluding carboxylic acids is 1. The van der Waals surface area contributed by atoms with E-state index in [1.165, 1.54) is 0 Å². The second-order valence-corrected chi connectivity index (χ2v) is 9.44. The van der Waals surface area contributed by atoms with Gasteiger partial charge in [-0.3, -0.25) is 4.79 Å². The third-order valence-electron chi connectivity index (χ3n) is 4.18. The van der Waals surface area contributed by atoms with Gasteiger partial charge in [-0.05, 0) is 45.4 Å². The Balaban J connectivity index is 1.80. The van der Waals surface area contributed by atoms with Crippen molar-refractivity contribution in [1.82, 2.24) is 15.3 Å². The van der Waals surface area contributed by atoms with Gasteiger partial charge in [0.05, 0.1) is 16.6 Å². The Kier molecular flexibility index (Phi) is 7.95. The van der Waals surface area contributed by atoms with Crippen LogP contribution in [0.5, 0.6) is 0 Å². The van der Waals surface area contributed by atoms with Crippen LogP contribution in [0.25, 0.3) is 0 Å². The van der Waals surface area contributed by atoms with Gasteiger partial charge in [-0.25, -0.2) is 13.4 Å². The van der Waals surface area contributed by atoms with Crippen molar-refractivity contribution in [3.05, 3.63) is 41.6 Å². The summed E-state index contributed by atoms with van der Waals surface area (Å²) in [6.45, 7) is 8.88. The van der Waals surface area contributed by atoms with E-state index in [0.29, 0.717) is 24.9 Å². The Morgan fingerprint density at radius 1 is 1.07 bits per heavy atom. The monoisotopic (exact) mass is 419 g/mol. The average Bonchev–Trinajstić information content (AvgIpc) is 2.65. The summed E-state index contributed by atoms with van der Waals surface area (Å²) in [7, 11) is -3.30. The number of aromatic nitrogens is 2. The molecule has 1 aromatic carbocycles. The van der Waals surface area contributed by atoms with E-state index >= 15 is 0 Å². The number of hydrogen-bond donors (Lipinski definition) is 3. The summed E-state index contributed by atoms with van der Waals surface area (Å²) in [6, 6.07) is 8.31. The molecule has 8 nitrogen and oxygen atoms in total. The van der Waals surface area contributed by atoms with E-state index in [2.05, 4.69) is 25.9 Å². The molecule has 0 fully saturated rings. The molecule has 2 rings (SSSR count). The number of anilines is 2. The summed E-state index contributed by atoms with van der Waals surface area (Å²) in [5.74, 6) is 1.14. The largest absolute Gasteiger partial charge is 0.368 e. The first-order valence-corrected chi connectivity index (χ1v) is 11.2. The first kappa shape index (κ1) is 22.6. The minimum atomic E-state index is -3.30. The highest BCUT2D eigenvalue weighted by Gasteiger charge is 2.18.